The van der Waals surface area contributed by atoms with Gasteiger partial charge in [0.25, 0.3) is 0 Å². The number of benzene rings is 8. The molecule has 0 spiro atoms. The van der Waals surface area contributed by atoms with Crippen LogP contribution in [-0.4, -0.2) is 0 Å². The van der Waals surface area contributed by atoms with Gasteiger partial charge >= 0.3 is 0 Å². The molecule has 0 amide bonds. The van der Waals surface area contributed by atoms with Crippen molar-refractivity contribution in [3.05, 3.63) is 225 Å². The van der Waals surface area contributed by atoms with Crippen LogP contribution >= 0.6 is 0 Å². The molecule has 8 aromatic carbocycles. The Balaban J connectivity index is 1.01. The summed E-state index contributed by atoms with van der Waals surface area (Å²) in [6.45, 7) is 13.3. The predicted octanol–water partition coefficient (Wildman–Crippen LogP) is 17.0. The van der Waals surface area contributed by atoms with Gasteiger partial charge in [0.1, 0.15) is 0 Å². The van der Waals surface area contributed by atoms with E-state index in [9.17, 15) is 0 Å². The molecule has 2 fully saturated rings. The Morgan fingerprint density at radius 1 is 0.323 bits per heavy atom. The van der Waals surface area contributed by atoms with Gasteiger partial charge in [-0.3, -0.25) is 0 Å². The summed E-state index contributed by atoms with van der Waals surface area (Å²) in [5.41, 5.74) is 20.9. The van der Waals surface area contributed by atoms with E-state index in [-0.39, 0.29) is 0 Å². The molecular formula is C60H58N2. The molecule has 2 aliphatic rings. The lowest BCUT2D eigenvalue weighted by molar-refractivity contribution is 0.350. The number of nitrogens with zero attached hydrogens (tertiary/aromatic N) is 2. The van der Waals surface area contributed by atoms with E-state index in [1.165, 1.54) is 115 Å². The zero-order chi connectivity index (χ0) is 42.5. The number of aryl methyl sites for hydroxylation is 6. The van der Waals surface area contributed by atoms with E-state index in [4.69, 9.17) is 0 Å². The molecule has 0 N–H and O–H groups in total. The van der Waals surface area contributed by atoms with Crippen molar-refractivity contribution in [2.24, 2.45) is 0 Å². The maximum absolute atomic E-state index is 2.47. The zero-order valence-electron chi connectivity index (χ0n) is 37.2. The minimum absolute atomic E-state index is 0.595. The van der Waals surface area contributed by atoms with E-state index in [1.807, 2.05) is 0 Å². The third kappa shape index (κ3) is 7.62. The lowest BCUT2D eigenvalue weighted by Crippen LogP contribution is -2.21. The van der Waals surface area contributed by atoms with E-state index < -0.39 is 0 Å². The lowest BCUT2D eigenvalue weighted by Gasteiger charge is -2.37. The summed E-state index contributed by atoms with van der Waals surface area (Å²) in [5, 5.41) is 2.43. The van der Waals surface area contributed by atoms with Gasteiger partial charge in [-0.1, -0.05) is 131 Å². The molecule has 0 bridgehead atoms. The molecule has 308 valence electrons. The third-order valence-electron chi connectivity index (χ3n) is 14.2. The summed E-state index contributed by atoms with van der Waals surface area (Å²) in [5.74, 6) is 2.49. The fourth-order valence-corrected chi connectivity index (χ4v) is 10.4. The van der Waals surface area contributed by atoms with Crippen LogP contribution in [0.5, 0.6) is 0 Å². The second-order valence-electron chi connectivity index (χ2n) is 18.6. The van der Waals surface area contributed by atoms with Crippen LogP contribution < -0.4 is 9.80 Å². The van der Waals surface area contributed by atoms with Crippen LogP contribution in [0.3, 0.4) is 0 Å². The van der Waals surface area contributed by atoms with E-state index in [1.54, 1.807) is 0 Å². The Morgan fingerprint density at radius 3 is 0.984 bits per heavy atom. The molecule has 0 heterocycles. The number of fused-ring (bicyclic) bond motifs is 1. The zero-order valence-corrected chi connectivity index (χ0v) is 37.2. The van der Waals surface area contributed by atoms with Gasteiger partial charge in [-0.15, -0.1) is 0 Å². The SMILES string of the molecule is Cc1ccc(C2CC(c3ccc(N(c4ccc(C)cc4)c4ccc(N(c5ccc(C)cc5)c5ccc(C6CC(c7ccc(C)cc7)C6)c(C)c5)c5ccccc45)cc3C)C2)cc1. The highest BCUT2D eigenvalue weighted by molar-refractivity contribution is 6.07. The van der Waals surface area contributed by atoms with E-state index in [0.29, 0.717) is 23.7 Å². The fraction of sp³-hybridized carbons (Fsp3) is 0.233. The van der Waals surface area contributed by atoms with Crippen molar-refractivity contribution in [1.29, 1.82) is 0 Å². The van der Waals surface area contributed by atoms with Crippen molar-refractivity contribution in [3.8, 4) is 0 Å². The summed E-state index contributed by atoms with van der Waals surface area (Å²) in [6.07, 6.45) is 4.86. The molecule has 2 saturated carbocycles. The first-order valence-corrected chi connectivity index (χ1v) is 22.8. The molecule has 0 atom stereocenters. The Labute approximate surface area is 369 Å². The quantitative estimate of drug-likeness (QED) is 0.136. The van der Waals surface area contributed by atoms with Gasteiger partial charge in [-0.05, 0) is 185 Å². The molecule has 0 aliphatic heterocycles. The molecule has 0 unspecified atom stereocenters. The number of hydrogen-bond donors (Lipinski definition) is 0. The molecule has 10 rings (SSSR count). The van der Waals surface area contributed by atoms with Crippen molar-refractivity contribution in [1.82, 2.24) is 0 Å². The highest BCUT2D eigenvalue weighted by atomic mass is 15.2. The first-order chi connectivity index (χ1) is 30.2. The topological polar surface area (TPSA) is 6.48 Å². The summed E-state index contributed by atoms with van der Waals surface area (Å²) in [7, 11) is 0. The van der Waals surface area contributed by atoms with Gasteiger partial charge in [0.15, 0.2) is 0 Å². The summed E-state index contributed by atoms with van der Waals surface area (Å²) in [4.78, 5) is 4.94. The fourth-order valence-electron chi connectivity index (χ4n) is 10.4. The monoisotopic (exact) mass is 806 g/mol. The van der Waals surface area contributed by atoms with E-state index >= 15 is 0 Å². The van der Waals surface area contributed by atoms with Crippen LogP contribution in [0, 0.1) is 41.5 Å². The molecule has 2 nitrogen and oxygen atoms in total. The van der Waals surface area contributed by atoms with Crippen molar-refractivity contribution in [2.45, 2.75) is 90.9 Å². The lowest BCUT2D eigenvalue weighted by atomic mass is 9.68. The van der Waals surface area contributed by atoms with Crippen molar-refractivity contribution in [3.63, 3.8) is 0 Å². The predicted molar refractivity (Wildman–Crippen MR) is 264 cm³/mol. The molecule has 8 aromatic rings. The number of rotatable bonds is 10. The van der Waals surface area contributed by atoms with Gasteiger partial charge in [0.2, 0.25) is 0 Å². The van der Waals surface area contributed by atoms with Gasteiger partial charge in [-0.2, -0.15) is 0 Å². The van der Waals surface area contributed by atoms with Crippen LogP contribution in [0.25, 0.3) is 10.8 Å². The van der Waals surface area contributed by atoms with Crippen molar-refractivity contribution >= 4 is 44.9 Å². The summed E-state index contributed by atoms with van der Waals surface area (Å²) in [6, 6.07) is 64.4. The van der Waals surface area contributed by atoms with Crippen molar-refractivity contribution < 1.29 is 0 Å². The largest absolute Gasteiger partial charge is 0.310 e. The first-order valence-electron chi connectivity index (χ1n) is 22.8. The van der Waals surface area contributed by atoms with Gasteiger partial charge in [0, 0.05) is 33.5 Å². The smallest absolute Gasteiger partial charge is 0.0541 e. The Kier molecular flexibility index (Phi) is 10.6. The Hall–Kier alpha value is -6.38. The minimum atomic E-state index is 0.595. The highest BCUT2D eigenvalue weighted by Crippen LogP contribution is 2.52. The van der Waals surface area contributed by atoms with Crippen LogP contribution in [0.15, 0.2) is 170 Å². The maximum atomic E-state index is 2.47. The van der Waals surface area contributed by atoms with E-state index in [0.717, 1.165) is 11.4 Å². The molecule has 0 radical (unpaired) electrons. The van der Waals surface area contributed by atoms with Crippen LogP contribution in [0.4, 0.5) is 34.1 Å². The number of anilines is 6. The minimum Gasteiger partial charge on any atom is -0.310 e. The highest BCUT2D eigenvalue weighted by Gasteiger charge is 2.34. The standard InChI is InChI=1S/C60H58N2/c1-39-11-19-45(20-12-39)47-35-49(36-47)55-29-27-53(33-43(55)5)61(51-23-15-41(3)16-24-51)59-31-32-60(58-10-8-7-9-57(58)59)62(52-25-17-42(4)18-26-52)54-28-30-56(44(6)34-54)50-37-48(38-50)46-21-13-40(2)14-22-46/h7-34,47-50H,35-38H2,1-6H3. The molecule has 0 aromatic heterocycles. The Morgan fingerprint density at radius 2 is 0.645 bits per heavy atom. The maximum Gasteiger partial charge on any atom is 0.0541 e. The molecule has 0 saturated heterocycles. The van der Waals surface area contributed by atoms with Gasteiger partial charge in [-0.25, -0.2) is 0 Å². The molecule has 2 heteroatoms. The normalized spacial score (nSPS) is 18.2. The average Bonchev–Trinajstić information content (AvgIpc) is 3.24. The Bertz CT molecular complexity index is 2660. The first kappa shape index (κ1) is 39.7. The van der Waals surface area contributed by atoms with Gasteiger partial charge < -0.3 is 9.80 Å². The van der Waals surface area contributed by atoms with Crippen LogP contribution in [-0.2, 0) is 0 Å². The number of hydrogen-bond acceptors (Lipinski definition) is 2. The molecule has 62 heavy (non-hydrogen) atoms. The second kappa shape index (κ2) is 16.5. The third-order valence-corrected chi connectivity index (χ3v) is 14.2. The van der Waals surface area contributed by atoms with E-state index in [2.05, 4.69) is 221 Å². The van der Waals surface area contributed by atoms with Crippen LogP contribution in [0.2, 0.25) is 0 Å². The van der Waals surface area contributed by atoms with Gasteiger partial charge in [0.05, 0.1) is 11.4 Å². The second-order valence-corrected chi connectivity index (χ2v) is 18.6. The molecule has 2 aliphatic carbocycles. The molecular weight excluding hydrogens is 749 g/mol. The summed E-state index contributed by atoms with van der Waals surface area (Å²) >= 11 is 0. The van der Waals surface area contributed by atoms with Crippen molar-refractivity contribution in [2.75, 3.05) is 9.80 Å². The van der Waals surface area contributed by atoms with Crippen LogP contribution in [0.1, 0.15) is 105 Å². The summed E-state index contributed by atoms with van der Waals surface area (Å²) < 4.78 is 0. The average molecular weight is 807 g/mol.